The number of aromatic hydroxyl groups is 1. The van der Waals surface area contributed by atoms with E-state index in [-0.39, 0.29) is 17.5 Å². The molecule has 2 rings (SSSR count). The van der Waals surface area contributed by atoms with Crippen LogP contribution in [0.4, 0.5) is 0 Å². The van der Waals surface area contributed by atoms with E-state index in [1.54, 1.807) is 12.1 Å². The number of hydrogen-bond acceptors (Lipinski definition) is 6. The quantitative estimate of drug-likeness (QED) is 0.766. The van der Waals surface area contributed by atoms with Crippen LogP contribution in [0.3, 0.4) is 0 Å². The van der Waals surface area contributed by atoms with Crippen LogP contribution in [0, 0.1) is 0 Å². The van der Waals surface area contributed by atoms with E-state index in [9.17, 15) is 9.90 Å². The van der Waals surface area contributed by atoms with E-state index in [0.29, 0.717) is 5.56 Å². The summed E-state index contributed by atoms with van der Waals surface area (Å²) in [6.45, 7) is 0. The van der Waals surface area contributed by atoms with Gasteiger partial charge in [-0.1, -0.05) is 6.07 Å². The summed E-state index contributed by atoms with van der Waals surface area (Å²) < 4.78 is 9.49. The van der Waals surface area contributed by atoms with Crippen molar-refractivity contribution in [2.75, 3.05) is 7.11 Å². The maximum Gasteiger partial charge on any atom is 0.396 e. The first-order chi connectivity index (χ1) is 7.70. The average Bonchev–Trinajstić information content (AvgIpc) is 2.77. The fourth-order valence-electron chi connectivity index (χ4n) is 1.15. The van der Waals surface area contributed by atoms with Gasteiger partial charge >= 0.3 is 11.9 Å². The zero-order valence-electron chi connectivity index (χ0n) is 8.38. The summed E-state index contributed by atoms with van der Waals surface area (Å²) in [5, 5.41) is 16.4. The first-order valence-corrected chi connectivity index (χ1v) is 4.42. The second-order valence-electron chi connectivity index (χ2n) is 2.95. The number of hydrogen-bond donors (Lipinski definition) is 1. The summed E-state index contributed by atoms with van der Waals surface area (Å²) in [4.78, 5) is 11.1. The number of benzene rings is 1. The molecule has 0 aliphatic heterocycles. The highest BCUT2D eigenvalue weighted by molar-refractivity contribution is 5.84. The number of methoxy groups -OCH3 is 1. The number of nitrogens with zero attached hydrogens (tertiary/aromatic N) is 2. The lowest BCUT2D eigenvalue weighted by atomic mass is 10.2. The maximum atomic E-state index is 11.1. The zero-order chi connectivity index (χ0) is 11.5. The molecule has 0 atom stereocenters. The van der Waals surface area contributed by atoms with Crippen LogP contribution in [-0.4, -0.2) is 28.4 Å². The van der Waals surface area contributed by atoms with Gasteiger partial charge in [0.05, 0.1) is 7.11 Å². The van der Waals surface area contributed by atoms with Crippen LogP contribution in [0.25, 0.3) is 11.5 Å². The predicted molar refractivity (Wildman–Crippen MR) is 52.7 cm³/mol. The van der Waals surface area contributed by atoms with Gasteiger partial charge in [0, 0.05) is 5.56 Å². The summed E-state index contributed by atoms with van der Waals surface area (Å²) in [6, 6.07) is 6.27. The largest absolute Gasteiger partial charge is 0.508 e. The number of carbonyl (C=O) groups is 1. The number of carbonyl (C=O) groups excluding carboxylic acids is 1. The van der Waals surface area contributed by atoms with Crippen molar-refractivity contribution in [1.29, 1.82) is 0 Å². The van der Waals surface area contributed by atoms with Gasteiger partial charge in [-0.3, -0.25) is 0 Å². The van der Waals surface area contributed by atoms with Crippen molar-refractivity contribution in [1.82, 2.24) is 10.2 Å². The molecule has 0 spiro atoms. The van der Waals surface area contributed by atoms with E-state index in [1.807, 2.05) is 0 Å². The number of phenolic OH excluding ortho intramolecular Hbond substituents is 1. The van der Waals surface area contributed by atoms with Gasteiger partial charge in [-0.05, 0) is 18.2 Å². The monoisotopic (exact) mass is 220 g/mol. The summed E-state index contributed by atoms with van der Waals surface area (Å²) in [5.41, 5.74) is 0.530. The fourth-order valence-corrected chi connectivity index (χ4v) is 1.15. The van der Waals surface area contributed by atoms with Crippen LogP contribution < -0.4 is 0 Å². The van der Waals surface area contributed by atoms with Gasteiger partial charge < -0.3 is 14.3 Å². The molecule has 0 bridgehead atoms. The smallest absolute Gasteiger partial charge is 0.396 e. The Hall–Kier alpha value is -2.37. The molecule has 6 nitrogen and oxygen atoms in total. The van der Waals surface area contributed by atoms with Crippen LogP contribution in [0.1, 0.15) is 10.7 Å². The van der Waals surface area contributed by atoms with Crippen molar-refractivity contribution in [2.24, 2.45) is 0 Å². The Kier molecular flexibility index (Phi) is 2.55. The molecule has 6 heteroatoms. The predicted octanol–water partition coefficient (Wildman–Crippen LogP) is 1.23. The lowest BCUT2D eigenvalue weighted by Crippen LogP contribution is -2.00. The van der Waals surface area contributed by atoms with Crippen LogP contribution in [-0.2, 0) is 4.74 Å². The molecule has 1 aromatic carbocycles. The number of phenols is 1. The van der Waals surface area contributed by atoms with E-state index in [0.717, 1.165) is 0 Å². The molecular formula is C10H8N2O4. The minimum atomic E-state index is -0.695. The summed E-state index contributed by atoms with van der Waals surface area (Å²) >= 11 is 0. The van der Waals surface area contributed by atoms with Crippen LogP contribution >= 0.6 is 0 Å². The van der Waals surface area contributed by atoms with E-state index in [2.05, 4.69) is 14.9 Å². The Morgan fingerprint density at radius 1 is 1.44 bits per heavy atom. The molecule has 0 radical (unpaired) electrons. The Bertz CT molecular complexity index is 521. The lowest BCUT2D eigenvalue weighted by molar-refractivity contribution is 0.0556. The topological polar surface area (TPSA) is 85.5 Å². The number of ether oxygens (including phenoxy) is 1. The Morgan fingerprint density at radius 3 is 2.94 bits per heavy atom. The highest BCUT2D eigenvalue weighted by Gasteiger charge is 2.15. The highest BCUT2D eigenvalue weighted by Crippen LogP contribution is 2.21. The second kappa shape index (κ2) is 4.01. The van der Waals surface area contributed by atoms with Crippen LogP contribution in [0.5, 0.6) is 5.75 Å². The highest BCUT2D eigenvalue weighted by atomic mass is 16.5. The van der Waals surface area contributed by atoms with Gasteiger partial charge in [0.15, 0.2) is 0 Å². The first-order valence-electron chi connectivity index (χ1n) is 4.42. The molecule has 0 saturated carbocycles. The van der Waals surface area contributed by atoms with Crippen molar-refractivity contribution in [3.05, 3.63) is 30.2 Å². The van der Waals surface area contributed by atoms with Gasteiger partial charge in [-0.15, -0.1) is 10.2 Å². The molecule has 16 heavy (non-hydrogen) atoms. The number of esters is 1. The van der Waals surface area contributed by atoms with Gasteiger partial charge in [-0.25, -0.2) is 4.79 Å². The molecule has 82 valence electrons. The Balaban J connectivity index is 2.35. The molecule has 0 aliphatic carbocycles. The first kappa shape index (κ1) is 10.2. The van der Waals surface area contributed by atoms with Gasteiger partial charge in [-0.2, -0.15) is 0 Å². The third kappa shape index (κ3) is 1.85. The molecule has 0 saturated heterocycles. The van der Waals surface area contributed by atoms with Crippen LogP contribution in [0.2, 0.25) is 0 Å². The SMILES string of the molecule is COC(=O)c1nnc(-c2cccc(O)c2)o1. The van der Waals surface area contributed by atoms with Gasteiger partial charge in [0.1, 0.15) is 5.75 Å². The van der Waals surface area contributed by atoms with E-state index in [1.165, 1.54) is 19.2 Å². The molecular weight excluding hydrogens is 212 g/mol. The van der Waals surface area contributed by atoms with E-state index >= 15 is 0 Å². The van der Waals surface area contributed by atoms with Crippen LogP contribution in [0.15, 0.2) is 28.7 Å². The fraction of sp³-hybridized carbons (Fsp3) is 0.100. The zero-order valence-corrected chi connectivity index (χ0v) is 8.38. The van der Waals surface area contributed by atoms with Crippen molar-refractivity contribution in [3.8, 4) is 17.2 Å². The molecule has 1 N–H and O–H groups in total. The molecule has 1 aromatic heterocycles. The van der Waals surface area contributed by atoms with E-state index in [4.69, 9.17) is 4.42 Å². The van der Waals surface area contributed by atoms with Crippen molar-refractivity contribution in [3.63, 3.8) is 0 Å². The summed E-state index contributed by atoms with van der Waals surface area (Å²) in [7, 11) is 1.22. The maximum absolute atomic E-state index is 11.1. The Morgan fingerprint density at radius 2 is 2.25 bits per heavy atom. The molecule has 0 unspecified atom stereocenters. The van der Waals surface area contributed by atoms with Gasteiger partial charge in [0.25, 0.3) is 0 Å². The molecule has 0 aliphatic rings. The third-order valence-corrected chi connectivity index (χ3v) is 1.88. The van der Waals surface area contributed by atoms with Crippen molar-refractivity contribution >= 4 is 5.97 Å². The number of aromatic nitrogens is 2. The number of rotatable bonds is 2. The standard InChI is InChI=1S/C10H8N2O4/c1-15-10(14)9-12-11-8(16-9)6-3-2-4-7(13)5-6/h2-5,13H,1H3. The molecule has 0 fully saturated rings. The summed E-state index contributed by atoms with van der Waals surface area (Å²) in [6.07, 6.45) is 0. The van der Waals surface area contributed by atoms with Crippen molar-refractivity contribution < 1.29 is 19.1 Å². The van der Waals surface area contributed by atoms with Gasteiger partial charge in [0.2, 0.25) is 5.89 Å². The Labute approximate surface area is 90.5 Å². The third-order valence-electron chi connectivity index (χ3n) is 1.88. The second-order valence-corrected chi connectivity index (χ2v) is 2.95. The molecule has 0 amide bonds. The minimum absolute atomic E-state index is 0.0790. The van der Waals surface area contributed by atoms with Crippen molar-refractivity contribution in [2.45, 2.75) is 0 Å². The molecule has 2 aromatic rings. The minimum Gasteiger partial charge on any atom is -0.508 e. The lowest BCUT2D eigenvalue weighted by Gasteiger charge is -1.95. The van der Waals surface area contributed by atoms with E-state index < -0.39 is 5.97 Å². The summed E-state index contributed by atoms with van der Waals surface area (Å²) in [5.74, 6) is -0.689. The average molecular weight is 220 g/mol. The molecule has 1 heterocycles. The normalized spacial score (nSPS) is 10.1.